The molecular formula is C25H24N2O6S. The summed E-state index contributed by atoms with van der Waals surface area (Å²) in [6.07, 6.45) is 1.49. The molecule has 34 heavy (non-hydrogen) atoms. The molecule has 176 valence electrons. The van der Waals surface area contributed by atoms with Gasteiger partial charge in [-0.15, -0.1) is 0 Å². The Balaban J connectivity index is 1.68. The van der Waals surface area contributed by atoms with E-state index in [1.807, 2.05) is 12.1 Å². The molecule has 1 heterocycles. The van der Waals surface area contributed by atoms with Crippen molar-refractivity contribution in [3.8, 4) is 5.75 Å². The Bertz CT molecular complexity index is 1350. The molecule has 0 aliphatic carbocycles. The summed E-state index contributed by atoms with van der Waals surface area (Å²) in [6, 6.07) is 17.9. The van der Waals surface area contributed by atoms with Crippen LogP contribution >= 0.6 is 0 Å². The molecule has 8 nitrogen and oxygen atoms in total. The molecule has 0 bridgehead atoms. The van der Waals surface area contributed by atoms with Crippen LogP contribution in [0.3, 0.4) is 0 Å². The van der Waals surface area contributed by atoms with Crippen LogP contribution in [0.4, 0.5) is 11.4 Å². The summed E-state index contributed by atoms with van der Waals surface area (Å²) >= 11 is 0. The van der Waals surface area contributed by atoms with Gasteiger partial charge in [-0.3, -0.25) is 9.10 Å². The largest absolute Gasteiger partial charge is 0.495 e. The molecule has 1 N–H and O–H groups in total. The van der Waals surface area contributed by atoms with Gasteiger partial charge in [-0.05, 0) is 60.9 Å². The van der Waals surface area contributed by atoms with Crippen molar-refractivity contribution in [2.45, 2.75) is 17.7 Å². The van der Waals surface area contributed by atoms with Crippen LogP contribution in [0.5, 0.6) is 5.75 Å². The smallest absolute Gasteiger partial charge is 0.337 e. The number of rotatable bonds is 6. The minimum absolute atomic E-state index is 0.0948. The summed E-state index contributed by atoms with van der Waals surface area (Å²) in [7, 11) is -1.34. The van der Waals surface area contributed by atoms with Gasteiger partial charge in [0, 0.05) is 17.8 Å². The number of nitrogens with zero attached hydrogens (tertiary/aromatic N) is 1. The molecule has 0 unspecified atom stereocenters. The fourth-order valence-corrected chi connectivity index (χ4v) is 5.66. The van der Waals surface area contributed by atoms with Crippen molar-refractivity contribution in [3.63, 3.8) is 0 Å². The molecule has 4 rings (SSSR count). The summed E-state index contributed by atoms with van der Waals surface area (Å²) in [5.74, 6) is -0.914. The first-order valence-electron chi connectivity index (χ1n) is 10.6. The second-order valence-electron chi connectivity index (χ2n) is 7.70. The zero-order valence-electron chi connectivity index (χ0n) is 18.8. The van der Waals surface area contributed by atoms with Crippen molar-refractivity contribution >= 4 is 33.3 Å². The highest BCUT2D eigenvalue weighted by Gasteiger charge is 2.32. The van der Waals surface area contributed by atoms with E-state index in [9.17, 15) is 18.0 Å². The topological polar surface area (TPSA) is 102 Å². The quantitative estimate of drug-likeness (QED) is 0.538. The van der Waals surface area contributed by atoms with Gasteiger partial charge >= 0.3 is 5.97 Å². The van der Waals surface area contributed by atoms with E-state index in [0.29, 0.717) is 24.3 Å². The number of esters is 1. The fraction of sp³-hybridized carbons (Fsp3) is 0.200. The molecule has 0 atom stereocenters. The molecule has 0 saturated carbocycles. The van der Waals surface area contributed by atoms with E-state index in [0.717, 1.165) is 12.0 Å². The molecule has 3 aromatic rings. The SMILES string of the molecule is COC(=O)c1cccc(NC(=O)c2ccc(OC)c(S(=O)(=O)N3CCCc4ccccc43)c2)c1. The summed E-state index contributed by atoms with van der Waals surface area (Å²) < 4.78 is 38.8. The van der Waals surface area contributed by atoms with Gasteiger partial charge in [-0.25, -0.2) is 13.2 Å². The number of hydrogen-bond donors (Lipinski definition) is 1. The fourth-order valence-electron chi connectivity index (χ4n) is 3.93. The van der Waals surface area contributed by atoms with Gasteiger partial charge in [0.15, 0.2) is 0 Å². The number of nitrogens with one attached hydrogen (secondary N) is 1. The minimum Gasteiger partial charge on any atom is -0.495 e. The number of para-hydroxylation sites is 1. The Morgan fingerprint density at radius 3 is 2.50 bits per heavy atom. The van der Waals surface area contributed by atoms with Gasteiger partial charge in [0.1, 0.15) is 10.6 Å². The molecule has 3 aromatic carbocycles. The lowest BCUT2D eigenvalue weighted by Gasteiger charge is -2.31. The van der Waals surface area contributed by atoms with E-state index in [4.69, 9.17) is 9.47 Å². The highest BCUT2D eigenvalue weighted by Crippen LogP contribution is 2.35. The third-order valence-electron chi connectivity index (χ3n) is 5.60. The van der Waals surface area contributed by atoms with Gasteiger partial charge in [0.05, 0.1) is 25.5 Å². The first-order chi connectivity index (χ1) is 16.3. The number of aryl methyl sites for hydroxylation is 1. The molecule has 1 aliphatic heterocycles. The Hall–Kier alpha value is -3.85. The molecule has 0 fully saturated rings. The van der Waals surface area contributed by atoms with Crippen LogP contribution in [0.25, 0.3) is 0 Å². The maximum Gasteiger partial charge on any atom is 0.337 e. The first-order valence-corrected chi connectivity index (χ1v) is 12.1. The number of hydrogen-bond acceptors (Lipinski definition) is 6. The van der Waals surface area contributed by atoms with Crippen LogP contribution in [-0.4, -0.2) is 41.1 Å². The van der Waals surface area contributed by atoms with Gasteiger partial charge < -0.3 is 14.8 Å². The molecule has 0 radical (unpaired) electrons. The van der Waals surface area contributed by atoms with Crippen molar-refractivity contribution in [2.75, 3.05) is 30.4 Å². The van der Waals surface area contributed by atoms with Crippen LogP contribution in [0, 0.1) is 0 Å². The number of benzene rings is 3. The van der Waals surface area contributed by atoms with Crippen LogP contribution in [0.2, 0.25) is 0 Å². The number of fused-ring (bicyclic) bond motifs is 1. The predicted molar refractivity (Wildman–Crippen MR) is 128 cm³/mol. The van der Waals surface area contributed by atoms with Crippen LogP contribution in [-0.2, 0) is 21.2 Å². The third kappa shape index (κ3) is 4.47. The second kappa shape index (κ2) is 9.56. The molecule has 0 saturated heterocycles. The van der Waals surface area contributed by atoms with E-state index in [1.165, 1.54) is 42.8 Å². The lowest BCUT2D eigenvalue weighted by molar-refractivity contribution is 0.0600. The van der Waals surface area contributed by atoms with Crippen LogP contribution < -0.4 is 14.4 Å². The number of ether oxygens (including phenoxy) is 2. The maximum atomic E-state index is 13.7. The lowest BCUT2D eigenvalue weighted by atomic mass is 10.0. The van der Waals surface area contributed by atoms with Crippen molar-refractivity contribution in [3.05, 3.63) is 83.4 Å². The molecule has 1 aliphatic rings. The molecule has 0 spiro atoms. The van der Waals surface area contributed by atoms with Crippen molar-refractivity contribution in [1.82, 2.24) is 0 Å². The number of methoxy groups -OCH3 is 2. The molecule has 1 amide bonds. The van der Waals surface area contributed by atoms with E-state index in [2.05, 4.69) is 5.32 Å². The minimum atomic E-state index is -4.00. The van der Waals surface area contributed by atoms with E-state index >= 15 is 0 Å². The monoisotopic (exact) mass is 480 g/mol. The summed E-state index contributed by atoms with van der Waals surface area (Å²) in [6.45, 7) is 0.333. The first kappa shape index (κ1) is 23.3. The Labute approximate surface area is 198 Å². The zero-order valence-corrected chi connectivity index (χ0v) is 19.6. The molecule has 0 aromatic heterocycles. The van der Waals surface area contributed by atoms with E-state index in [1.54, 1.807) is 30.3 Å². The predicted octanol–water partition coefficient (Wildman–Crippen LogP) is 3.88. The highest BCUT2D eigenvalue weighted by atomic mass is 32.2. The number of anilines is 2. The molecule has 9 heteroatoms. The summed E-state index contributed by atoms with van der Waals surface area (Å²) in [5, 5.41) is 2.69. The van der Waals surface area contributed by atoms with Gasteiger partial charge in [0.2, 0.25) is 0 Å². The van der Waals surface area contributed by atoms with Gasteiger partial charge in [-0.2, -0.15) is 0 Å². The Morgan fingerprint density at radius 2 is 1.74 bits per heavy atom. The second-order valence-corrected chi connectivity index (χ2v) is 9.53. The van der Waals surface area contributed by atoms with Crippen LogP contribution in [0.1, 0.15) is 32.7 Å². The van der Waals surface area contributed by atoms with Gasteiger partial charge in [0.25, 0.3) is 15.9 Å². The standard InChI is InChI=1S/C25H24N2O6S/c1-32-22-13-12-18(24(28)26-20-10-5-8-19(15-20)25(29)33-2)16-23(22)34(30,31)27-14-6-9-17-7-3-4-11-21(17)27/h3-5,7-8,10-13,15-16H,6,9,14H2,1-2H3,(H,26,28). The number of amides is 1. The van der Waals surface area contributed by atoms with Crippen molar-refractivity contribution < 1.29 is 27.5 Å². The Morgan fingerprint density at radius 1 is 0.941 bits per heavy atom. The normalized spacial score (nSPS) is 13.1. The summed E-state index contributed by atoms with van der Waals surface area (Å²) in [5.41, 5.74) is 2.37. The zero-order chi connectivity index (χ0) is 24.3. The van der Waals surface area contributed by atoms with E-state index in [-0.39, 0.29) is 21.8 Å². The number of carbonyl (C=O) groups excluding carboxylic acids is 2. The highest BCUT2D eigenvalue weighted by molar-refractivity contribution is 7.93. The van der Waals surface area contributed by atoms with Gasteiger partial charge in [-0.1, -0.05) is 24.3 Å². The van der Waals surface area contributed by atoms with Crippen molar-refractivity contribution in [2.24, 2.45) is 0 Å². The average molecular weight is 481 g/mol. The number of sulfonamides is 1. The molecular weight excluding hydrogens is 456 g/mol. The third-order valence-corrected chi connectivity index (χ3v) is 7.44. The summed E-state index contributed by atoms with van der Waals surface area (Å²) in [4.78, 5) is 24.6. The lowest BCUT2D eigenvalue weighted by Crippen LogP contribution is -2.35. The maximum absolute atomic E-state index is 13.7. The van der Waals surface area contributed by atoms with Crippen LogP contribution in [0.15, 0.2) is 71.6 Å². The van der Waals surface area contributed by atoms with Crippen molar-refractivity contribution in [1.29, 1.82) is 0 Å². The Kier molecular flexibility index (Phi) is 6.56. The van der Waals surface area contributed by atoms with E-state index < -0.39 is 21.9 Å². The number of carbonyl (C=O) groups is 2. The average Bonchev–Trinajstić information content (AvgIpc) is 2.87.